The van der Waals surface area contributed by atoms with Gasteiger partial charge in [0.25, 0.3) is 5.91 Å². The minimum Gasteiger partial charge on any atom is -0.393 e. The van der Waals surface area contributed by atoms with E-state index in [0.29, 0.717) is 19.3 Å². The lowest BCUT2D eigenvalue weighted by Crippen LogP contribution is -2.48. The summed E-state index contributed by atoms with van der Waals surface area (Å²) in [5.41, 5.74) is 1.33. The van der Waals surface area contributed by atoms with Crippen LogP contribution in [0.3, 0.4) is 0 Å². The lowest BCUT2D eigenvalue weighted by Gasteiger charge is -2.38. The SMILES string of the molecule is O=C(N[C@H](Cc1ccccc1)C1CC(O)C1)c1cncc(F)c1. The van der Waals surface area contributed by atoms with Gasteiger partial charge in [0.05, 0.1) is 17.9 Å². The third-order valence-corrected chi connectivity index (χ3v) is 4.30. The molecule has 4 nitrogen and oxygen atoms in total. The number of hydrogen-bond acceptors (Lipinski definition) is 3. The van der Waals surface area contributed by atoms with Crippen LogP contribution in [-0.4, -0.2) is 28.1 Å². The molecule has 2 N–H and O–H groups in total. The summed E-state index contributed by atoms with van der Waals surface area (Å²) in [6, 6.07) is 11.0. The van der Waals surface area contributed by atoms with Gasteiger partial charge in [0.1, 0.15) is 5.82 Å². The molecule has 2 aromatic rings. The van der Waals surface area contributed by atoms with Crippen LogP contribution in [0.15, 0.2) is 48.8 Å². The van der Waals surface area contributed by atoms with E-state index in [4.69, 9.17) is 0 Å². The maximum Gasteiger partial charge on any atom is 0.253 e. The van der Waals surface area contributed by atoms with E-state index in [9.17, 15) is 14.3 Å². The monoisotopic (exact) mass is 314 g/mol. The molecule has 1 atom stereocenters. The number of rotatable bonds is 5. The molecule has 0 radical (unpaired) electrons. The normalized spacial score (nSPS) is 21.3. The van der Waals surface area contributed by atoms with E-state index in [2.05, 4.69) is 10.3 Å². The fourth-order valence-electron chi connectivity index (χ4n) is 2.95. The number of hydrogen-bond donors (Lipinski definition) is 2. The van der Waals surface area contributed by atoms with E-state index < -0.39 is 5.82 Å². The predicted octanol–water partition coefficient (Wildman–Crippen LogP) is 2.33. The van der Waals surface area contributed by atoms with Crippen molar-refractivity contribution in [2.45, 2.75) is 31.4 Å². The number of aliphatic hydroxyl groups is 1. The Bertz CT molecular complexity index is 672. The Morgan fingerprint density at radius 2 is 2.04 bits per heavy atom. The quantitative estimate of drug-likeness (QED) is 0.890. The van der Waals surface area contributed by atoms with Crippen molar-refractivity contribution in [1.82, 2.24) is 10.3 Å². The summed E-state index contributed by atoms with van der Waals surface area (Å²) in [4.78, 5) is 16.1. The van der Waals surface area contributed by atoms with Gasteiger partial charge in [-0.15, -0.1) is 0 Å². The molecule has 1 aromatic carbocycles. The second kappa shape index (κ2) is 6.87. The van der Waals surface area contributed by atoms with E-state index in [1.807, 2.05) is 30.3 Å². The van der Waals surface area contributed by atoms with Gasteiger partial charge in [-0.2, -0.15) is 0 Å². The Morgan fingerprint density at radius 3 is 2.70 bits per heavy atom. The molecule has 0 bridgehead atoms. The maximum absolute atomic E-state index is 13.2. The van der Waals surface area contributed by atoms with Crippen molar-refractivity contribution in [2.75, 3.05) is 0 Å². The number of carbonyl (C=O) groups is 1. The lowest BCUT2D eigenvalue weighted by molar-refractivity contribution is 0.0239. The molecule has 1 aliphatic rings. The summed E-state index contributed by atoms with van der Waals surface area (Å²) < 4.78 is 13.2. The van der Waals surface area contributed by atoms with Crippen molar-refractivity contribution < 1.29 is 14.3 Å². The third kappa shape index (κ3) is 3.93. The number of aromatic nitrogens is 1. The second-order valence-corrected chi connectivity index (χ2v) is 6.05. The Morgan fingerprint density at radius 1 is 1.30 bits per heavy atom. The molecule has 1 aliphatic carbocycles. The standard InChI is InChI=1S/C18H19FN2O2/c19-15-7-14(10-20-11-15)18(23)21-17(13-8-16(22)9-13)6-12-4-2-1-3-5-12/h1-5,7,10-11,13,16-17,22H,6,8-9H2,(H,21,23)/t13?,16?,17-/m1/s1. The van der Waals surface area contributed by atoms with Crippen LogP contribution in [0.5, 0.6) is 0 Å². The van der Waals surface area contributed by atoms with Crippen molar-refractivity contribution in [3.63, 3.8) is 0 Å². The number of benzene rings is 1. The smallest absolute Gasteiger partial charge is 0.253 e. The average molecular weight is 314 g/mol. The molecule has 0 saturated heterocycles. The first-order chi connectivity index (χ1) is 11.1. The molecule has 1 amide bonds. The minimum absolute atomic E-state index is 0.0865. The molecule has 0 aliphatic heterocycles. The molecule has 120 valence electrons. The summed E-state index contributed by atoms with van der Waals surface area (Å²) in [6.45, 7) is 0. The van der Waals surface area contributed by atoms with Gasteiger partial charge in [0.15, 0.2) is 0 Å². The summed E-state index contributed by atoms with van der Waals surface area (Å²) in [6.07, 6.45) is 4.19. The first kappa shape index (κ1) is 15.6. The first-order valence-corrected chi connectivity index (χ1v) is 7.75. The van der Waals surface area contributed by atoms with E-state index in [0.717, 1.165) is 11.8 Å². The molecule has 1 saturated carbocycles. The number of halogens is 1. The molecule has 0 unspecified atom stereocenters. The molecule has 1 aromatic heterocycles. The van der Waals surface area contributed by atoms with Crippen LogP contribution in [0.4, 0.5) is 4.39 Å². The number of nitrogens with zero attached hydrogens (tertiary/aromatic N) is 1. The van der Waals surface area contributed by atoms with Gasteiger partial charge in [0, 0.05) is 12.2 Å². The summed E-state index contributed by atoms with van der Waals surface area (Å²) >= 11 is 0. The van der Waals surface area contributed by atoms with Gasteiger partial charge in [-0.25, -0.2) is 4.39 Å². The van der Waals surface area contributed by atoms with Crippen LogP contribution in [0.1, 0.15) is 28.8 Å². The third-order valence-electron chi connectivity index (χ3n) is 4.30. The largest absolute Gasteiger partial charge is 0.393 e. The minimum atomic E-state index is -0.531. The zero-order chi connectivity index (χ0) is 16.2. The number of carbonyl (C=O) groups excluding carboxylic acids is 1. The number of pyridine rings is 1. The number of nitrogens with one attached hydrogen (secondary N) is 1. The summed E-state index contributed by atoms with van der Waals surface area (Å²) in [5, 5.41) is 12.5. The molecule has 5 heteroatoms. The Balaban J connectivity index is 1.72. The van der Waals surface area contributed by atoms with Crippen LogP contribution < -0.4 is 5.32 Å². The molecular weight excluding hydrogens is 295 g/mol. The highest BCUT2D eigenvalue weighted by atomic mass is 19.1. The van der Waals surface area contributed by atoms with E-state index in [1.54, 1.807) is 0 Å². The van der Waals surface area contributed by atoms with Crippen LogP contribution in [0.25, 0.3) is 0 Å². The lowest BCUT2D eigenvalue weighted by atomic mass is 9.75. The van der Waals surface area contributed by atoms with Gasteiger partial charge >= 0.3 is 0 Å². The molecule has 23 heavy (non-hydrogen) atoms. The van der Waals surface area contributed by atoms with Crippen molar-refractivity contribution in [1.29, 1.82) is 0 Å². The van der Waals surface area contributed by atoms with Gasteiger partial charge in [-0.05, 0) is 36.8 Å². The maximum atomic E-state index is 13.2. The average Bonchev–Trinajstić information content (AvgIpc) is 2.52. The highest BCUT2D eigenvalue weighted by Gasteiger charge is 2.34. The molecule has 3 rings (SSSR count). The van der Waals surface area contributed by atoms with Crippen molar-refractivity contribution in [3.05, 3.63) is 65.7 Å². The Kier molecular flexibility index (Phi) is 4.67. The highest BCUT2D eigenvalue weighted by molar-refractivity contribution is 5.94. The summed E-state index contributed by atoms with van der Waals surface area (Å²) in [7, 11) is 0. The number of aliphatic hydroxyl groups excluding tert-OH is 1. The first-order valence-electron chi connectivity index (χ1n) is 7.75. The van der Waals surface area contributed by atoms with E-state index in [1.165, 1.54) is 12.3 Å². The summed E-state index contributed by atoms with van der Waals surface area (Å²) in [5.74, 6) is -0.633. The van der Waals surface area contributed by atoms with Crippen molar-refractivity contribution in [2.24, 2.45) is 5.92 Å². The highest BCUT2D eigenvalue weighted by Crippen LogP contribution is 2.31. The predicted molar refractivity (Wildman–Crippen MR) is 84.3 cm³/mol. The Hall–Kier alpha value is -2.27. The second-order valence-electron chi connectivity index (χ2n) is 6.05. The fraction of sp³-hybridized carbons (Fsp3) is 0.333. The van der Waals surface area contributed by atoms with Gasteiger partial charge in [0.2, 0.25) is 0 Å². The van der Waals surface area contributed by atoms with Gasteiger partial charge in [-0.3, -0.25) is 9.78 Å². The Labute approximate surface area is 134 Å². The fourth-order valence-corrected chi connectivity index (χ4v) is 2.95. The van der Waals surface area contributed by atoms with E-state index in [-0.39, 0.29) is 29.5 Å². The molecular formula is C18H19FN2O2. The topological polar surface area (TPSA) is 62.2 Å². The van der Waals surface area contributed by atoms with E-state index >= 15 is 0 Å². The zero-order valence-corrected chi connectivity index (χ0v) is 12.7. The van der Waals surface area contributed by atoms with Gasteiger partial charge < -0.3 is 10.4 Å². The molecule has 0 spiro atoms. The molecule has 1 heterocycles. The molecule has 1 fully saturated rings. The number of amides is 1. The van der Waals surface area contributed by atoms with Crippen LogP contribution in [0, 0.1) is 11.7 Å². The van der Waals surface area contributed by atoms with Crippen molar-refractivity contribution >= 4 is 5.91 Å². The van der Waals surface area contributed by atoms with Crippen LogP contribution >= 0.6 is 0 Å². The van der Waals surface area contributed by atoms with Gasteiger partial charge in [-0.1, -0.05) is 30.3 Å². The van der Waals surface area contributed by atoms with Crippen LogP contribution in [-0.2, 0) is 6.42 Å². The van der Waals surface area contributed by atoms with Crippen molar-refractivity contribution in [3.8, 4) is 0 Å². The van der Waals surface area contributed by atoms with Crippen LogP contribution in [0.2, 0.25) is 0 Å². The zero-order valence-electron chi connectivity index (χ0n) is 12.7.